The second kappa shape index (κ2) is 11.7. The van der Waals surface area contributed by atoms with E-state index in [1.165, 1.54) is 6.20 Å². The van der Waals surface area contributed by atoms with Crippen molar-refractivity contribution in [1.82, 2.24) is 29.9 Å². The zero-order chi connectivity index (χ0) is 25.5. The molecule has 2 aromatic heterocycles. The molecule has 0 atom stereocenters. The number of likely N-dealkylation sites (N-methyl/N-ethyl adjacent to an activating group) is 2. The molecule has 0 radical (unpaired) electrons. The number of aromatic nitrogens is 3. The summed E-state index contributed by atoms with van der Waals surface area (Å²) in [5.74, 6) is 0.767. The predicted molar refractivity (Wildman–Crippen MR) is 139 cm³/mol. The minimum atomic E-state index is -0.212. The van der Waals surface area contributed by atoms with Crippen molar-refractivity contribution in [2.75, 3.05) is 51.9 Å². The summed E-state index contributed by atoms with van der Waals surface area (Å²) < 4.78 is 1.71. The highest BCUT2D eigenvalue weighted by Gasteiger charge is 2.18. The van der Waals surface area contributed by atoms with Crippen molar-refractivity contribution >= 4 is 46.4 Å². The fourth-order valence-electron chi connectivity index (χ4n) is 3.31. The number of nitrogens with zero attached hydrogens (tertiary/aromatic N) is 5. The molecule has 186 valence electrons. The number of para-hydroxylation sites is 1. The van der Waals surface area contributed by atoms with E-state index < -0.39 is 0 Å². The van der Waals surface area contributed by atoms with Gasteiger partial charge in [0.05, 0.1) is 28.2 Å². The van der Waals surface area contributed by atoms with Gasteiger partial charge in [-0.25, -0.2) is 9.67 Å². The molecule has 0 aliphatic carbocycles. The van der Waals surface area contributed by atoms with E-state index in [9.17, 15) is 9.59 Å². The average molecular weight is 499 g/mol. The Kier molecular flexibility index (Phi) is 8.67. The number of pyridine rings is 1. The Morgan fingerprint density at radius 2 is 1.80 bits per heavy atom. The van der Waals surface area contributed by atoms with Gasteiger partial charge in [0.25, 0.3) is 11.8 Å². The Morgan fingerprint density at radius 3 is 2.49 bits per heavy atom. The van der Waals surface area contributed by atoms with Gasteiger partial charge in [-0.3, -0.25) is 9.59 Å². The second-order valence-electron chi connectivity index (χ2n) is 8.18. The topological polar surface area (TPSA) is 107 Å². The Hall–Kier alpha value is -3.63. The first-order chi connectivity index (χ1) is 16.7. The van der Waals surface area contributed by atoms with Crippen molar-refractivity contribution in [1.29, 1.82) is 0 Å². The molecule has 2 amide bonds. The van der Waals surface area contributed by atoms with E-state index in [-0.39, 0.29) is 11.8 Å². The van der Waals surface area contributed by atoms with Crippen LogP contribution >= 0.6 is 11.6 Å². The van der Waals surface area contributed by atoms with E-state index >= 15 is 0 Å². The molecule has 10 nitrogen and oxygen atoms in total. The van der Waals surface area contributed by atoms with Crippen LogP contribution in [0.5, 0.6) is 0 Å². The maximum absolute atomic E-state index is 12.8. The van der Waals surface area contributed by atoms with Crippen LogP contribution in [0.25, 0.3) is 0 Å². The van der Waals surface area contributed by atoms with Crippen molar-refractivity contribution in [3.8, 4) is 0 Å². The maximum atomic E-state index is 12.8. The van der Waals surface area contributed by atoms with E-state index in [4.69, 9.17) is 11.6 Å². The van der Waals surface area contributed by atoms with Gasteiger partial charge in [-0.05, 0) is 33.2 Å². The van der Waals surface area contributed by atoms with Gasteiger partial charge in [-0.1, -0.05) is 23.7 Å². The normalized spacial score (nSPS) is 10.8. The van der Waals surface area contributed by atoms with Crippen LogP contribution < -0.4 is 16.0 Å². The molecule has 0 bridgehead atoms. The molecule has 1 aromatic carbocycles. The molecule has 0 unspecified atom stereocenters. The number of hydrogen-bond acceptors (Lipinski definition) is 7. The van der Waals surface area contributed by atoms with Crippen molar-refractivity contribution in [3.63, 3.8) is 0 Å². The number of aryl methyl sites for hydroxylation is 1. The summed E-state index contributed by atoms with van der Waals surface area (Å²) in [4.78, 5) is 33.1. The van der Waals surface area contributed by atoms with Crippen LogP contribution in [-0.4, -0.2) is 77.7 Å². The van der Waals surface area contributed by atoms with Crippen LogP contribution in [0.15, 0.2) is 42.6 Å². The molecule has 0 spiro atoms. The lowest BCUT2D eigenvalue weighted by Crippen LogP contribution is -2.33. The molecule has 0 saturated carbocycles. The van der Waals surface area contributed by atoms with E-state index in [0.29, 0.717) is 52.4 Å². The van der Waals surface area contributed by atoms with E-state index in [1.54, 1.807) is 54.0 Å². The number of amides is 2. The van der Waals surface area contributed by atoms with Gasteiger partial charge in [-0.2, -0.15) is 5.10 Å². The minimum Gasteiger partial charge on any atom is -0.355 e. The number of hydrogen-bond donors (Lipinski definition) is 3. The number of nitrogens with one attached hydrogen (secondary N) is 3. The first-order valence-electron chi connectivity index (χ1n) is 11.2. The largest absolute Gasteiger partial charge is 0.355 e. The van der Waals surface area contributed by atoms with Crippen molar-refractivity contribution in [2.45, 2.75) is 13.5 Å². The highest BCUT2D eigenvalue weighted by molar-refractivity contribution is 6.33. The zero-order valence-electron chi connectivity index (χ0n) is 20.6. The smallest absolute Gasteiger partial charge is 0.274 e. The lowest BCUT2D eigenvalue weighted by atomic mass is 10.1. The molecule has 0 fully saturated rings. The molecule has 3 aromatic rings. The van der Waals surface area contributed by atoms with Crippen LogP contribution in [0, 0.1) is 0 Å². The summed E-state index contributed by atoms with van der Waals surface area (Å²) in [7, 11) is 7.27. The van der Waals surface area contributed by atoms with Crippen LogP contribution in [-0.2, 0) is 6.54 Å². The van der Waals surface area contributed by atoms with Crippen LogP contribution in [0.1, 0.15) is 27.8 Å². The monoisotopic (exact) mass is 498 g/mol. The number of benzene rings is 1. The molecule has 0 aliphatic rings. The number of rotatable bonds is 10. The lowest BCUT2D eigenvalue weighted by molar-refractivity contribution is 0.0779. The van der Waals surface area contributed by atoms with Gasteiger partial charge in [0.15, 0.2) is 5.69 Å². The lowest BCUT2D eigenvalue weighted by Gasteiger charge is -2.18. The second-order valence-corrected chi connectivity index (χ2v) is 8.59. The number of carbonyl (C=O) groups excluding carboxylic acids is 2. The Labute approximate surface area is 210 Å². The summed E-state index contributed by atoms with van der Waals surface area (Å²) >= 11 is 6.38. The highest BCUT2D eigenvalue weighted by Crippen LogP contribution is 2.30. The molecule has 3 rings (SSSR count). The third kappa shape index (κ3) is 6.49. The average Bonchev–Trinajstić information content (AvgIpc) is 3.26. The van der Waals surface area contributed by atoms with E-state index in [1.807, 2.05) is 32.0 Å². The molecule has 2 heterocycles. The fraction of sp³-hybridized carbons (Fsp3) is 0.333. The molecule has 0 aliphatic heterocycles. The first-order valence-corrected chi connectivity index (χ1v) is 11.6. The molecular formula is C24H31ClN8O2. The zero-order valence-corrected chi connectivity index (χ0v) is 21.3. The number of halogens is 1. The minimum absolute atomic E-state index is 0.153. The maximum Gasteiger partial charge on any atom is 0.274 e. The van der Waals surface area contributed by atoms with Gasteiger partial charge in [0.1, 0.15) is 11.6 Å². The van der Waals surface area contributed by atoms with Crippen molar-refractivity contribution < 1.29 is 9.59 Å². The van der Waals surface area contributed by atoms with E-state index in [0.717, 1.165) is 6.54 Å². The van der Waals surface area contributed by atoms with Crippen molar-refractivity contribution in [3.05, 3.63) is 58.9 Å². The third-order valence-corrected chi connectivity index (χ3v) is 5.61. The number of carbonyl (C=O) groups is 2. The Morgan fingerprint density at radius 1 is 1.06 bits per heavy atom. The summed E-state index contributed by atoms with van der Waals surface area (Å²) in [6.07, 6.45) is 1.52. The molecule has 35 heavy (non-hydrogen) atoms. The van der Waals surface area contributed by atoms with Gasteiger partial charge < -0.3 is 25.8 Å². The van der Waals surface area contributed by atoms with Gasteiger partial charge in [0, 0.05) is 45.9 Å². The Balaban J connectivity index is 1.83. The first kappa shape index (κ1) is 26.0. The predicted octanol–water partition coefficient (Wildman–Crippen LogP) is 3.43. The van der Waals surface area contributed by atoms with Crippen LogP contribution in [0.3, 0.4) is 0 Å². The van der Waals surface area contributed by atoms with Crippen LogP contribution in [0.2, 0.25) is 5.02 Å². The summed E-state index contributed by atoms with van der Waals surface area (Å²) in [6, 6.07) is 10.6. The highest BCUT2D eigenvalue weighted by atomic mass is 35.5. The van der Waals surface area contributed by atoms with Gasteiger partial charge in [-0.15, -0.1) is 0 Å². The van der Waals surface area contributed by atoms with Gasteiger partial charge in [0.2, 0.25) is 0 Å². The summed E-state index contributed by atoms with van der Waals surface area (Å²) in [5.41, 5.74) is 2.02. The molecule has 3 N–H and O–H groups in total. The molecule has 11 heteroatoms. The van der Waals surface area contributed by atoms with Crippen molar-refractivity contribution in [2.24, 2.45) is 0 Å². The third-order valence-electron chi connectivity index (χ3n) is 5.31. The Bertz CT molecular complexity index is 1190. The summed E-state index contributed by atoms with van der Waals surface area (Å²) in [5, 5.41) is 13.9. The standard InChI is InChI=1S/C24H31ClN8O2/c1-6-33-22(14-20(30-33)24(35)32(5)12-11-31(3)4)29-21-13-19(17(25)15-27-21)28-18-10-8-7-9-16(18)23(34)26-2/h7-10,13-15H,6,11-12H2,1-5H3,(H,26,34)(H2,27,28,29). The SMILES string of the molecule is CCn1nc(C(=O)N(C)CCN(C)C)cc1Nc1cc(Nc2ccccc2C(=O)NC)c(Cl)cn1. The van der Waals surface area contributed by atoms with E-state index in [2.05, 4.69) is 26.0 Å². The number of anilines is 4. The quantitative estimate of drug-likeness (QED) is 0.393. The molecular weight excluding hydrogens is 468 g/mol. The van der Waals surface area contributed by atoms with Gasteiger partial charge >= 0.3 is 0 Å². The molecule has 0 saturated heterocycles. The fourth-order valence-corrected chi connectivity index (χ4v) is 3.46. The summed E-state index contributed by atoms with van der Waals surface area (Å²) in [6.45, 7) is 3.86. The van der Waals surface area contributed by atoms with Crippen LogP contribution in [0.4, 0.5) is 23.0 Å².